The third-order valence-electron chi connectivity index (χ3n) is 2.02. The molecule has 0 aromatic heterocycles. The summed E-state index contributed by atoms with van der Waals surface area (Å²) in [5, 5.41) is 21.7. The number of hydrogen-bond donors (Lipinski definition) is 1. The van der Waals surface area contributed by atoms with E-state index in [1.54, 1.807) is 0 Å². The van der Waals surface area contributed by atoms with Gasteiger partial charge >= 0.3 is 0 Å². The van der Waals surface area contributed by atoms with Gasteiger partial charge in [-0.1, -0.05) is 17.3 Å². The summed E-state index contributed by atoms with van der Waals surface area (Å²) in [6.45, 7) is -0.630. The molecule has 0 unspecified atom stereocenters. The zero-order chi connectivity index (χ0) is 13.1. The van der Waals surface area contributed by atoms with Crippen LogP contribution in [0.2, 0.25) is 0 Å². The molecule has 1 N–H and O–H groups in total. The zero-order valence-electron chi connectivity index (χ0n) is 8.90. The number of oxime groups is 1. The Morgan fingerprint density at radius 3 is 2.29 bits per heavy atom. The van der Waals surface area contributed by atoms with Gasteiger partial charge in [0.05, 0.1) is 4.90 Å². The SMILES string of the molecule is CS(=O)(=O)c1ccc(C(C[N+](=O)[O-])=NO)cc1. The minimum atomic E-state index is -3.31. The molecule has 0 saturated carbocycles. The number of rotatable bonds is 4. The van der Waals surface area contributed by atoms with E-state index in [2.05, 4.69) is 5.16 Å². The summed E-state index contributed by atoms with van der Waals surface area (Å²) in [5.41, 5.74) is 0.173. The van der Waals surface area contributed by atoms with Gasteiger partial charge in [0.15, 0.2) is 15.5 Å². The highest BCUT2D eigenvalue weighted by molar-refractivity contribution is 7.90. The van der Waals surface area contributed by atoms with Crippen LogP contribution in [-0.4, -0.2) is 37.1 Å². The number of nitrogens with zero attached hydrogens (tertiary/aromatic N) is 2. The van der Waals surface area contributed by atoms with Crippen LogP contribution in [0.1, 0.15) is 5.56 Å². The summed E-state index contributed by atoms with van der Waals surface area (Å²) < 4.78 is 22.3. The standard InChI is InChI=1S/C9H10N2O5S/c1-17(15,16)8-4-2-7(3-5-8)9(10-12)6-11(13)14/h2-5,12H,6H2,1H3. The number of benzene rings is 1. The molecule has 17 heavy (non-hydrogen) atoms. The molecule has 8 heteroatoms. The topological polar surface area (TPSA) is 110 Å². The number of sulfone groups is 1. The van der Waals surface area contributed by atoms with E-state index in [1.165, 1.54) is 24.3 Å². The molecule has 1 rings (SSSR count). The Kier molecular flexibility index (Phi) is 3.79. The van der Waals surface area contributed by atoms with Gasteiger partial charge in [0.1, 0.15) is 0 Å². The Morgan fingerprint density at radius 1 is 1.41 bits per heavy atom. The lowest BCUT2D eigenvalue weighted by atomic mass is 10.1. The van der Waals surface area contributed by atoms with Crippen LogP contribution in [0.5, 0.6) is 0 Å². The molecule has 92 valence electrons. The van der Waals surface area contributed by atoms with Crippen molar-refractivity contribution in [3.05, 3.63) is 39.9 Å². The van der Waals surface area contributed by atoms with Crippen molar-refractivity contribution in [1.29, 1.82) is 0 Å². The first-order valence-corrected chi connectivity index (χ1v) is 6.37. The van der Waals surface area contributed by atoms with Crippen LogP contribution in [0.15, 0.2) is 34.3 Å². The fourth-order valence-electron chi connectivity index (χ4n) is 1.20. The van der Waals surface area contributed by atoms with Crippen molar-refractivity contribution in [2.45, 2.75) is 4.90 Å². The first-order valence-electron chi connectivity index (χ1n) is 4.48. The highest BCUT2D eigenvalue weighted by Crippen LogP contribution is 2.11. The third kappa shape index (κ3) is 3.52. The van der Waals surface area contributed by atoms with Crippen molar-refractivity contribution in [2.75, 3.05) is 12.8 Å². The van der Waals surface area contributed by atoms with Gasteiger partial charge in [-0.3, -0.25) is 10.1 Å². The van der Waals surface area contributed by atoms with Gasteiger partial charge in [0.2, 0.25) is 6.54 Å². The van der Waals surface area contributed by atoms with Crippen LogP contribution in [0.25, 0.3) is 0 Å². The summed E-state index contributed by atoms with van der Waals surface area (Å²) >= 11 is 0. The second kappa shape index (κ2) is 4.91. The van der Waals surface area contributed by atoms with Crippen molar-refractivity contribution in [1.82, 2.24) is 0 Å². The highest BCUT2D eigenvalue weighted by Gasteiger charge is 2.13. The lowest BCUT2D eigenvalue weighted by Gasteiger charge is -2.02. The third-order valence-corrected chi connectivity index (χ3v) is 3.14. The molecule has 0 fully saturated rings. The zero-order valence-corrected chi connectivity index (χ0v) is 9.72. The molecule has 1 aromatic carbocycles. The van der Waals surface area contributed by atoms with Crippen molar-refractivity contribution in [3.8, 4) is 0 Å². The smallest absolute Gasteiger partial charge is 0.249 e. The molecule has 0 aliphatic heterocycles. The number of hydrogen-bond acceptors (Lipinski definition) is 6. The van der Waals surface area contributed by atoms with Gasteiger partial charge in [0.25, 0.3) is 0 Å². The predicted octanol–water partition coefficient (Wildman–Crippen LogP) is 0.545. The van der Waals surface area contributed by atoms with E-state index >= 15 is 0 Å². The molecule has 0 heterocycles. The summed E-state index contributed by atoms with van der Waals surface area (Å²) in [5.74, 6) is 0. The maximum atomic E-state index is 11.2. The lowest BCUT2D eigenvalue weighted by molar-refractivity contribution is -0.463. The molecule has 0 atom stereocenters. The van der Waals surface area contributed by atoms with Crippen molar-refractivity contribution in [2.24, 2.45) is 5.16 Å². The first kappa shape index (κ1) is 13.1. The van der Waals surface area contributed by atoms with Gasteiger partial charge < -0.3 is 5.21 Å². The normalized spacial score (nSPS) is 12.4. The Morgan fingerprint density at radius 2 is 1.94 bits per heavy atom. The average molecular weight is 258 g/mol. The van der Waals surface area contributed by atoms with Crippen LogP contribution in [0.3, 0.4) is 0 Å². The molecule has 0 bridgehead atoms. The van der Waals surface area contributed by atoms with E-state index in [-0.39, 0.29) is 10.6 Å². The molecule has 0 amide bonds. The van der Waals surface area contributed by atoms with E-state index in [0.29, 0.717) is 5.56 Å². The highest BCUT2D eigenvalue weighted by atomic mass is 32.2. The van der Waals surface area contributed by atoms with Gasteiger partial charge in [0, 0.05) is 16.7 Å². The Balaban J connectivity index is 3.06. The predicted molar refractivity (Wildman–Crippen MR) is 59.7 cm³/mol. The maximum absolute atomic E-state index is 11.2. The summed E-state index contributed by atoms with van der Waals surface area (Å²) in [7, 11) is -3.31. The van der Waals surface area contributed by atoms with Crippen LogP contribution in [0, 0.1) is 10.1 Å². The van der Waals surface area contributed by atoms with E-state index < -0.39 is 21.3 Å². The molecular weight excluding hydrogens is 248 g/mol. The van der Waals surface area contributed by atoms with E-state index in [0.717, 1.165) is 6.26 Å². The van der Waals surface area contributed by atoms with E-state index in [4.69, 9.17) is 5.21 Å². The van der Waals surface area contributed by atoms with Crippen molar-refractivity contribution >= 4 is 15.5 Å². The maximum Gasteiger partial charge on any atom is 0.249 e. The summed E-state index contributed by atoms with van der Waals surface area (Å²) in [4.78, 5) is 9.74. The monoisotopic (exact) mass is 258 g/mol. The average Bonchev–Trinajstić information content (AvgIpc) is 2.24. The quantitative estimate of drug-likeness (QED) is 0.367. The van der Waals surface area contributed by atoms with E-state index in [1.807, 2.05) is 0 Å². The molecule has 1 aromatic rings. The van der Waals surface area contributed by atoms with Gasteiger partial charge in [-0.25, -0.2) is 8.42 Å². The Hall–Kier alpha value is -1.96. The Labute approximate surface area is 97.4 Å². The second-order valence-corrected chi connectivity index (χ2v) is 5.35. The molecule has 0 radical (unpaired) electrons. The lowest BCUT2D eigenvalue weighted by Crippen LogP contribution is -2.15. The minimum absolute atomic E-state index is 0.0969. The minimum Gasteiger partial charge on any atom is -0.410 e. The van der Waals surface area contributed by atoms with Crippen molar-refractivity contribution in [3.63, 3.8) is 0 Å². The second-order valence-electron chi connectivity index (χ2n) is 3.33. The van der Waals surface area contributed by atoms with Crippen LogP contribution < -0.4 is 0 Å². The molecule has 0 saturated heterocycles. The Bertz CT molecular complexity index is 547. The van der Waals surface area contributed by atoms with Crippen LogP contribution in [0.4, 0.5) is 0 Å². The molecule has 0 aliphatic carbocycles. The molecular formula is C9H10N2O5S. The first-order chi connectivity index (χ1) is 7.84. The van der Waals surface area contributed by atoms with Crippen LogP contribution >= 0.6 is 0 Å². The molecule has 7 nitrogen and oxygen atoms in total. The molecule has 0 spiro atoms. The van der Waals surface area contributed by atoms with Gasteiger partial charge in [-0.2, -0.15) is 0 Å². The van der Waals surface area contributed by atoms with Crippen LogP contribution in [-0.2, 0) is 9.84 Å². The largest absolute Gasteiger partial charge is 0.410 e. The van der Waals surface area contributed by atoms with Gasteiger partial charge in [-0.15, -0.1) is 0 Å². The fourth-order valence-corrected chi connectivity index (χ4v) is 1.83. The molecule has 0 aliphatic rings. The van der Waals surface area contributed by atoms with E-state index in [9.17, 15) is 18.5 Å². The van der Waals surface area contributed by atoms with Crippen molar-refractivity contribution < 1.29 is 18.5 Å². The summed E-state index contributed by atoms with van der Waals surface area (Å²) in [6, 6.07) is 5.31. The number of nitro groups is 1. The summed E-state index contributed by atoms with van der Waals surface area (Å²) in [6.07, 6.45) is 1.06. The van der Waals surface area contributed by atoms with Gasteiger partial charge in [-0.05, 0) is 12.1 Å². The fraction of sp³-hybridized carbons (Fsp3) is 0.222.